The molecule has 1 aromatic rings. The summed E-state index contributed by atoms with van der Waals surface area (Å²) in [6.07, 6.45) is 1.25. The van der Waals surface area contributed by atoms with Crippen LogP contribution in [0, 0.1) is 5.82 Å². The molecule has 0 aliphatic heterocycles. The number of nitrogens with two attached hydrogens (primary N) is 1. The zero-order valence-corrected chi connectivity index (χ0v) is 11.5. The number of hydrogen-bond acceptors (Lipinski definition) is 4. The summed E-state index contributed by atoms with van der Waals surface area (Å²) in [7, 11) is -4.21. The molecule has 1 aromatic carbocycles. The lowest BCUT2D eigenvalue weighted by atomic mass is 10.2. The average molecular weight is 289 g/mol. The molecule has 1 rings (SSSR count). The molecule has 0 aromatic heterocycles. The van der Waals surface area contributed by atoms with Crippen molar-refractivity contribution in [2.75, 3.05) is 0 Å². The minimum atomic E-state index is -4.21. The second-order valence-electron chi connectivity index (χ2n) is 4.19. The Labute approximate surface area is 111 Å². The van der Waals surface area contributed by atoms with E-state index < -0.39 is 26.7 Å². The topological polar surface area (TPSA) is 86.5 Å². The van der Waals surface area contributed by atoms with E-state index in [-0.39, 0.29) is 11.7 Å². The van der Waals surface area contributed by atoms with Crippen LogP contribution < -0.4 is 5.14 Å². The van der Waals surface area contributed by atoms with Gasteiger partial charge in [0.1, 0.15) is 10.7 Å². The van der Waals surface area contributed by atoms with Gasteiger partial charge in [-0.3, -0.25) is 0 Å². The summed E-state index contributed by atoms with van der Waals surface area (Å²) in [5.74, 6) is -1.70. The third kappa shape index (κ3) is 4.29. The van der Waals surface area contributed by atoms with Crippen LogP contribution >= 0.6 is 0 Å². The minimum Gasteiger partial charge on any atom is -0.459 e. The third-order valence-electron chi connectivity index (χ3n) is 2.48. The molecule has 0 saturated heterocycles. The maximum Gasteiger partial charge on any atom is 0.338 e. The summed E-state index contributed by atoms with van der Waals surface area (Å²) >= 11 is 0. The first-order valence-electron chi connectivity index (χ1n) is 5.79. The van der Waals surface area contributed by atoms with E-state index >= 15 is 0 Å². The molecule has 5 nitrogen and oxygen atoms in total. The number of carbonyl (C=O) groups excluding carboxylic acids is 1. The van der Waals surface area contributed by atoms with Gasteiger partial charge in [0.05, 0.1) is 11.7 Å². The molecule has 1 unspecified atom stereocenters. The number of rotatable bonds is 5. The molecule has 1 atom stereocenters. The average Bonchev–Trinajstić information content (AvgIpc) is 2.27. The predicted molar refractivity (Wildman–Crippen MR) is 67.6 cm³/mol. The van der Waals surface area contributed by atoms with Crippen molar-refractivity contribution in [2.24, 2.45) is 5.14 Å². The van der Waals surface area contributed by atoms with E-state index in [1.165, 1.54) is 0 Å². The van der Waals surface area contributed by atoms with E-state index in [1.54, 1.807) is 6.92 Å². The molecule has 0 aliphatic rings. The van der Waals surface area contributed by atoms with Crippen molar-refractivity contribution in [1.82, 2.24) is 0 Å². The zero-order valence-electron chi connectivity index (χ0n) is 10.7. The number of sulfonamides is 1. The molecule has 7 heteroatoms. The Morgan fingerprint density at radius 3 is 2.63 bits per heavy atom. The van der Waals surface area contributed by atoms with Crippen molar-refractivity contribution in [3.05, 3.63) is 29.6 Å². The third-order valence-corrected chi connectivity index (χ3v) is 3.40. The molecule has 0 bridgehead atoms. The largest absolute Gasteiger partial charge is 0.459 e. The van der Waals surface area contributed by atoms with Gasteiger partial charge in [-0.2, -0.15) is 0 Å². The van der Waals surface area contributed by atoms with Crippen LogP contribution in [0.5, 0.6) is 0 Å². The molecule has 0 amide bonds. The first kappa shape index (κ1) is 15.6. The van der Waals surface area contributed by atoms with E-state index in [0.29, 0.717) is 6.42 Å². The van der Waals surface area contributed by atoms with Crippen molar-refractivity contribution in [1.29, 1.82) is 0 Å². The lowest BCUT2D eigenvalue weighted by molar-refractivity contribution is 0.0323. The van der Waals surface area contributed by atoms with E-state index in [9.17, 15) is 17.6 Å². The van der Waals surface area contributed by atoms with Crippen LogP contribution in [0.15, 0.2) is 23.1 Å². The van der Waals surface area contributed by atoms with Gasteiger partial charge in [-0.25, -0.2) is 22.7 Å². The van der Waals surface area contributed by atoms with Gasteiger partial charge in [0.15, 0.2) is 0 Å². The van der Waals surface area contributed by atoms with Gasteiger partial charge < -0.3 is 4.74 Å². The number of hydrogen-bond donors (Lipinski definition) is 1. The Balaban J connectivity index is 3.00. The summed E-state index contributed by atoms with van der Waals surface area (Å²) in [4.78, 5) is 11.0. The number of esters is 1. The van der Waals surface area contributed by atoms with Crippen molar-refractivity contribution in [2.45, 2.75) is 37.7 Å². The van der Waals surface area contributed by atoms with Crippen LogP contribution in [0.3, 0.4) is 0 Å². The fourth-order valence-corrected chi connectivity index (χ4v) is 2.20. The molecule has 0 aliphatic carbocycles. The van der Waals surface area contributed by atoms with Gasteiger partial charge in [-0.05, 0) is 31.5 Å². The summed E-state index contributed by atoms with van der Waals surface area (Å²) in [6, 6.07) is 2.91. The van der Waals surface area contributed by atoms with Crippen LogP contribution in [0.4, 0.5) is 4.39 Å². The molecule has 0 fully saturated rings. The highest BCUT2D eigenvalue weighted by atomic mass is 32.2. The zero-order chi connectivity index (χ0) is 14.6. The number of benzene rings is 1. The van der Waals surface area contributed by atoms with Crippen LogP contribution in [-0.4, -0.2) is 20.5 Å². The molecule has 0 radical (unpaired) electrons. The van der Waals surface area contributed by atoms with E-state index in [4.69, 9.17) is 9.88 Å². The Morgan fingerprint density at radius 2 is 2.11 bits per heavy atom. The first-order chi connectivity index (χ1) is 8.75. The van der Waals surface area contributed by atoms with E-state index in [2.05, 4.69) is 0 Å². The second kappa shape index (κ2) is 6.12. The molecule has 0 heterocycles. The fraction of sp³-hybridized carbons (Fsp3) is 0.417. The number of carbonyl (C=O) groups is 1. The Morgan fingerprint density at radius 1 is 1.47 bits per heavy atom. The van der Waals surface area contributed by atoms with Crippen molar-refractivity contribution in [3.8, 4) is 0 Å². The summed E-state index contributed by atoms with van der Waals surface area (Å²) in [6.45, 7) is 3.67. The molecule has 19 heavy (non-hydrogen) atoms. The molecule has 0 saturated carbocycles. The molecule has 106 valence electrons. The van der Waals surface area contributed by atoms with E-state index in [0.717, 1.165) is 24.6 Å². The fourth-order valence-electron chi connectivity index (χ4n) is 1.56. The standard InChI is InChI=1S/C12H16FNO4S/c1-3-4-8(2)18-12(15)9-5-6-10(13)11(7-9)19(14,16)17/h5-8H,3-4H2,1-2H3,(H2,14,16,17). The Hall–Kier alpha value is -1.47. The van der Waals surface area contributed by atoms with Crippen LogP contribution in [0.1, 0.15) is 37.0 Å². The van der Waals surface area contributed by atoms with Crippen molar-refractivity contribution >= 4 is 16.0 Å². The number of ether oxygens (including phenoxy) is 1. The summed E-state index contributed by atoms with van der Waals surface area (Å²) in [5.41, 5.74) is -0.0478. The predicted octanol–water partition coefficient (Wildman–Crippen LogP) is 1.82. The van der Waals surface area contributed by atoms with Crippen LogP contribution in [0.25, 0.3) is 0 Å². The second-order valence-corrected chi connectivity index (χ2v) is 5.72. The highest BCUT2D eigenvalue weighted by Crippen LogP contribution is 2.16. The summed E-state index contributed by atoms with van der Waals surface area (Å²) in [5, 5.41) is 4.86. The highest BCUT2D eigenvalue weighted by molar-refractivity contribution is 7.89. The van der Waals surface area contributed by atoms with Gasteiger partial charge in [0.2, 0.25) is 10.0 Å². The number of primary sulfonamides is 1. The summed E-state index contributed by atoms with van der Waals surface area (Å²) < 4.78 is 40.7. The maximum atomic E-state index is 13.3. The Bertz CT molecular complexity index is 571. The van der Waals surface area contributed by atoms with Gasteiger partial charge in [0.25, 0.3) is 0 Å². The molecular weight excluding hydrogens is 273 g/mol. The van der Waals surface area contributed by atoms with Crippen molar-refractivity contribution in [3.63, 3.8) is 0 Å². The first-order valence-corrected chi connectivity index (χ1v) is 7.33. The maximum absolute atomic E-state index is 13.3. The van der Waals surface area contributed by atoms with Gasteiger partial charge in [-0.1, -0.05) is 13.3 Å². The Kier molecular flexibility index (Phi) is 5.02. The molecule has 0 spiro atoms. The van der Waals surface area contributed by atoms with Crippen LogP contribution in [0.2, 0.25) is 0 Å². The SMILES string of the molecule is CCCC(C)OC(=O)c1ccc(F)c(S(N)(=O)=O)c1. The lowest BCUT2D eigenvalue weighted by Gasteiger charge is -2.12. The smallest absolute Gasteiger partial charge is 0.338 e. The van der Waals surface area contributed by atoms with Gasteiger partial charge in [0, 0.05) is 0 Å². The normalized spacial score (nSPS) is 13.1. The highest BCUT2D eigenvalue weighted by Gasteiger charge is 2.19. The minimum absolute atomic E-state index is 0.0478. The van der Waals surface area contributed by atoms with Gasteiger partial charge in [-0.15, -0.1) is 0 Å². The van der Waals surface area contributed by atoms with Crippen molar-refractivity contribution < 1.29 is 22.3 Å². The monoisotopic (exact) mass is 289 g/mol. The van der Waals surface area contributed by atoms with Gasteiger partial charge >= 0.3 is 5.97 Å². The quantitative estimate of drug-likeness (QED) is 0.838. The molecule has 2 N–H and O–H groups in total. The molecular formula is C12H16FNO4S. The number of halogens is 1. The van der Waals surface area contributed by atoms with Crippen LogP contribution in [-0.2, 0) is 14.8 Å². The van der Waals surface area contributed by atoms with E-state index in [1.807, 2.05) is 6.92 Å². The lowest BCUT2D eigenvalue weighted by Crippen LogP contribution is -2.17.